The minimum absolute atomic E-state index is 0. The number of hydrogen-bond acceptors (Lipinski definition) is 9. The molecule has 1 aliphatic rings. The van der Waals surface area contributed by atoms with E-state index in [1.54, 1.807) is 12.1 Å². The Kier molecular flexibility index (Phi) is 7.69. The number of hydrogen-bond donors (Lipinski definition) is 3. The summed E-state index contributed by atoms with van der Waals surface area (Å²) in [6.07, 6.45) is 5.13. The van der Waals surface area contributed by atoms with Crippen LogP contribution in [0, 0.1) is 6.92 Å². The molecule has 0 atom stereocenters. The molecular weight excluding hydrogens is 494 g/mol. The van der Waals surface area contributed by atoms with Crippen molar-refractivity contribution in [3.8, 4) is 5.88 Å². The van der Waals surface area contributed by atoms with Gasteiger partial charge in [0.25, 0.3) is 5.91 Å². The molecule has 1 amide bonds. The van der Waals surface area contributed by atoms with Crippen molar-refractivity contribution in [2.45, 2.75) is 25.9 Å². The Morgan fingerprint density at radius 3 is 2.79 bits per heavy atom. The first-order valence-corrected chi connectivity index (χ1v) is 13.0. The van der Waals surface area contributed by atoms with Crippen molar-refractivity contribution in [2.24, 2.45) is 7.05 Å². The normalized spacial score (nSPS) is 14.2. The van der Waals surface area contributed by atoms with E-state index in [2.05, 4.69) is 54.5 Å². The van der Waals surface area contributed by atoms with E-state index in [1.165, 1.54) is 6.20 Å². The molecule has 204 valence electrons. The van der Waals surface area contributed by atoms with Gasteiger partial charge in [-0.15, -0.1) is 6.58 Å². The minimum Gasteiger partial charge on any atom is -0.474 e. The second-order valence-electron chi connectivity index (χ2n) is 9.63. The van der Waals surface area contributed by atoms with Crippen LogP contribution in [0.1, 0.15) is 30.3 Å². The number of fused-ring (bicyclic) bond motifs is 1. The van der Waals surface area contributed by atoms with E-state index in [0.29, 0.717) is 30.0 Å². The van der Waals surface area contributed by atoms with Gasteiger partial charge in [-0.2, -0.15) is 15.1 Å². The zero-order valence-corrected chi connectivity index (χ0v) is 22.4. The Labute approximate surface area is 228 Å². The molecule has 0 aliphatic carbocycles. The molecule has 11 nitrogen and oxygen atoms in total. The summed E-state index contributed by atoms with van der Waals surface area (Å²) >= 11 is 0. The number of nitrogens with one attached hydrogen (secondary N) is 3. The first-order chi connectivity index (χ1) is 18.9. The second kappa shape index (κ2) is 11.5. The number of amides is 1. The molecule has 4 heterocycles. The number of benzene rings is 1. The number of piperidine rings is 1. The van der Waals surface area contributed by atoms with Crippen molar-refractivity contribution in [2.75, 3.05) is 37.3 Å². The topological polar surface area (TPSA) is 122 Å². The fourth-order valence-corrected chi connectivity index (χ4v) is 4.56. The summed E-state index contributed by atoms with van der Waals surface area (Å²) in [6, 6.07) is 11.4. The third kappa shape index (κ3) is 6.15. The van der Waals surface area contributed by atoms with E-state index in [4.69, 9.17) is 4.74 Å². The summed E-state index contributed by atoms with van der Waals surface area (Å²) in [5.41, 5.74) is 3.05. The number of rotatable bonds is 9. The van der Waals surface area contributed by atoms with Gasteiger partial charge in [0.1, 0.15) is 23.3 Å². The molecule has 4 aromatic rings. The number of pyridine rings is 1. The first-order valence-electron chi connectivity index (χ1n) is 13.0. The quantitative estimate of drug-likeness (QED) is 0.274. The van der Waals surface area contributed by atoms with Gasteiger partial charge in [-0.25, -0.2) is 4.98 Å². The highest BCUT2D eigenvalue weighted by atomic mass is 16.5. The molecule has 11 heteroatoms. The number of carbonyl (C=O) groups is 1. The number of ether oxygens (including phenoxy) is 1. The van der Waals surface area contributed by atoms with E-state index in [-0.39, 0.29) is 19.0 Å². The summed E-state index contributed by atoms with van der Waals surface area (Å²) < 4.78 is 7.99. The second-order valence-corrected chi connectivity index (χ2v) is 9.63. The summed E-state index contributed by atoms with van der Waals surface area (Å²) in [5.74, 6) is 1.36. The van der Waals surface area contributed by atoms with Gasteiger partial charge in [-0.1, -0.05) is 12.1 Å². The molecule has 3 N–H and O–H groups in total. The number of likely N-dealkylation sites (tertiary alicyclic amines) is 1. The Hall–Kier alpha value is -4.51. The zero-order chi connectivity index (χ0) is 27.4. The van der Waals surface area contributed by atoms with Gasteiger partial charge in [-0.05, 0) is 51.1 Å². The van der Waals surface area contributed by atoms with Gasteiger partial charge in [0.05, 0.1) is 11.2 Å². The Morgan fingerprint density at radius 2 is 2.00 bits per heavy atom. The Morgan fingerprint density at radius 1 is 1.18 bits per heavy atom. The van der Waals surface area contributed by atoms with Crippen molar-refractivity contribution in [1.82, 2.24) is 34.9 Å². The summed E-state index contributed by atoms with van der Waals surface area (Å²) in [7, 11) is 4.03. The van der Waals surface area contributed by atoms with Crippen LogP contribution < -0.4 is 20.7 Å². The third-order valence-electron chi connectivity index (χ3n) is 6.65. The van der Waals surface area contributed by atoms with Crippen LogP contribution in [0.3, 0.4) is 0 Å². The molecule has 0 bridgehead atoms. The molecule has 1 saturated heterocycles. The Balaban J connectivity index is 0.00000370. The van der Waals surface area contributed by atoms with Crippen LogP contribution in [0.2, 0.25) is 0 Å². The molecular formula is C28H35N9O2. The molecule has 1 fully saturated rings. The summed E-state index contributed by atoms with van der Waals surface area (Å²) in [6.45, 7) is 7.95. The Bertz CT molecular complexity index is 1500. The fourth-order valence-electron chi connectivity index (χ4n) is 4.56. The molecule has 1 aliphatic heterocycles. The van der Waals surface area contributed by atoms with Gasteiger partial charge in [0.15, 0.2) is 0 Å². The zero-order valence-electron chi connectivity index (χ0n) is 22.4. The number of nitrogens with zero attached hydrogens (tertiary/aromatic N) is 6. The van der Waals surface area contributed by atoms with Crippen LogP contribution >= 0.6 is 0 Å². The van der Waals surface area contributed by atoms with E-state index in [9.17, 15) is 4.79 Å². The lowest BCUT2D eigenvalue weighted by Crippen LogP contribution is -2.35. The smallest absolute Gasteiger partial charge is 0.256 e. The molecule has 1 aromatic carbocycles. The lowest BCUT2D eigenvalue weighted by molar-refractivity contribution is 0.0958. The van der Waals surface area contributed by atoms with Gasteiger partial charge in [0, 0.05) is 51.4 Å². The van der Waals surface area contributed by atoms with Gasteiger partial charge < -0.3 is 25.6 Å². The number of aromatic nitrogens is 5. The highest BCUT2D eigenvalue weighted by Gasteiger charge is 2.19. The third-order valence-corrected chi connectivity index (χ3v) is 6.65. The van der Waals surface area contributed by atoms with E-state index in [1.807, 2.05) is 49.0 Å². The maximum absolute atomic E-state index is 12.9. The molecule has 0 spiro atoms. The van der Waals surface area contributed by atoms with E-state index in [0.717, 1.165) is 48.2 Å². The SMILES string of the molecule is C=CCNC(=O)c1cnc(Nc2ccc3c(c2)c(C)nn3C)nc1Nc1cccc(OC2CCN(C)CC2)n1.[HH]. The largest absolute Gasteiger partial charge is 0.474 e. The predicted octanol–water partition coefficient (Wildman–Crippen LogP) is 4.19. The van der Waals surface area contributed by atoms with E-state index < -0.39 is 0 Å². The molecule has 0 unspecified atom stereocenters. The monoisotopic (exact) mass is 529 g/mol. The number of aryl methyl sites for hydroxylation is 2. The fraction of sp³-hybridized carbons (Fsp3) is 0.321. The van der Waals surface area contributed by atoms with Crippen LogP contribution in [-0.4, -0.2) is 68.3 Å². The number of anilines is 4. The highest BCUT2D eigenvalue weighted by molar-refractivity contribution is 5.99. The molecule has 0 radical (unpaired) electrons. The molecule has 0 saturated carbocycles. The van der Waals surface area contributed by atoms with Gasteiger partial charge in [0.2, 0.25) is 11.8 Å². The minimum atomic E-state index is -0.324. The van der Waals surface area contributed by atoms with Crippen LogP contribution in [0.4, 0.5) is 23.3 Å². The molecule has 3 aromatic heterocycles. The lowest BCUT2D eigenvalue weighted by Gasteiger charge is -2.29. The van der Waals surface area contributed by atoms with Crippen LogP contribution in [0.25, 0.3) is 10.9 Å². The lowest BCUT2D eigenvalue weighted by atomic mass is 10.1. The molecule has 5 rings (SSSR count). The average Bonchev–Trinajstić information content (AvgIpc) is 3.21. The predicted molar refractivity (Wildman–Crippen MR) is 154 cm³/mol. The van der Waals surface area contributed by atoms with Crippen LogP contribution in [0.15, 0.2) is 55.3 Å². The van der Waals surface area contributed by atoms with Crippen molar-refractivity contribution in [3.63, 3.8) is 0 Å². The maximum Gasteiger partial charge on any atom is 0.256 e. The molecule has 39 heavy (non-hydrogen) atoms. The van der Waals surface area contributed by atoms with Gasteiger partial charge in [-0.3, -0.25) is 9.48 Å². The number of carbonyl (C=O) groups excluding carboxylic acids is 1. The van der Waals surface area contributed by atoms with Crippen molar-refractivity contribution < 1.29 is 11.0 Å². The van der Waals surface area contributed by atoms with Crippen LogP contribution in [-0.2, 0) is 7.05 Å². The highest BCUT2D eigenvalue weighted by Crippen LogP contribution is 2.26. The maximum atomic E-state index is 12.9. The van der Waals surface area contributed by atoms with Crippen LogP contribution in [0.5, 0.6) is 5.88 Å². The average molecular weight is 530 g/mol. The first kappa shape index (κ1) is 26.1. The summed E-state index contributed by atoms with van der Waals surface area (Å²) in [5, 5.41) is 14.7. The van der Waals surface area contributed by atoms with Gasteiger partial charge >= 0.3 is 0 Å². The van der Waals surface area contributed by atoms with Crippen molar-refractivity contribution in [3.05, 3.63) is 66.5 Å². The van der Waals surface area contributed by atoms with Crippen molar-refractivity contribution >= 4 is 40.1 Å². The standard InChI is InChI=1S/C28H33N9O2.H2/c1-5-13-29-27(38)22-17-30-28(31-19-9-10-23-21(16-19)18(2)35-37(23)4)34-26(22)33-24-7-6-8-25(32-24)39-20-11-14-36(3)15-12-20;/h5-10,16-17,20H,1,11-15H2,2-4H3,(H,29,38)(H2,30,31,32,33,34);1H. The van der Waals surface area contributed by atoms with E-state index >= 15 is 0 Å². The summed E-state index contributed by atoms with van der Waals surface area (Å²) in [4.78, 5) is 28.8. The van der Waals surface area contributed by atoms with Crippen molar-refractivity contribution in [1.29, 1.82) is 0 Å².